The first-order chi connectivity index (χ1) is 16.4. The van der Waals surface area contributed by atoms with Crippen molar-refractivity contribution < 1.29 is 29.0 Å². The number of amides is 2. The second-order valence-electron chi connectivity index (χ2n) is 8.62. The van der Waals surface area contributed by atoms with E-state index in [0.717, 1.165) is 28.8 Å². The molecule has 1 aliphatic heterocycles. The second kappa shape index (κ2) is 10.7. The number of nitrogens with one attached hydrogen (secondary N) is 2. The lowest BCUT2D eigenvalue weighted by Crippen LogP contribution is -2.52. The van der Waals surface area contributed by atoms with Gasteiger partial charge in [-0.3, -0.25) is 9.59 Å². The van der Waals surface area contributed by atoms with Crippen molar-refractivity contribution in [1.82, 2.24) is 15.5 Å². The van der Waals surface area contributed by atoms with Gasteiger partial charge in [0.05, 0.1) is 19.1 Å². The average molecular weight is 468 g/mol. The zero-order chi connectivity index (χ0) is 24.1. The lowest BCUT2D eigenvalue weighted by molar-refractivity contribution is -0.140. The lowest BCUT2D eigenvalue weighted by atomic mass is 9.98. The Kier molecular flexibility index (Phi) is 7.44. The van der Waals surface area contributed by atoms with Gasteiger partial charge in [0.15, 0.2) is 0 Å². The normalized spacial score (nSPS) is 18.4. The number of carbonyl (C=O) groups excluding carboxylic acids is 2. The van der Waals surface area contributed by atoms with E-state index in [9.17, 15) is 19.5 Å². The fraction of sp³-hybridized carbons (Fsp3) is 0.400. The quantitative estimate of drug-likeness (QED) is 0.542. The molecule has 0 aromatic heterocycles. The van der Waals surface area contributed by atoms with Gasteiger partial charge in [-0.15, -0.1) is 0 Å². The molecule has 3 N–H and O–H groups in total. The van der Waals surface area contributed by atoms with Crippen LogP contribution >= 0.6 is 0 Å². The van der Waals surface area contributed by atoms with Gasteiger partial charge in [0.25, 0.3) is 0 Å². The fourth-order valence-corrected chi connectivity index (χ4v) is 4.49. The number of fused-ring (bicyclic) bond motifs is 3. The Hall–Kier alpha value is -3.43. The molecule has 2 aromatic carbocycles. The largest absolute Gasteiger partial charge is 0.481 e. The molecule has 9 nitrogen and oxygen atoms in total. The maximum Gasteiger partial charge on any atom is 0.407 e. The summed E-state index contributed by atoms with van der Waals surface area (Å²) in [7, 11) is 1.96. The summed E-state index contributed by atoms with van der Waals surface area (Å²) < 4.78 is 11.1. The number of carboxylic acids is 1. The molecule has 2 aromatic rings. The molecule has 1 saturated heterocycles. The molecule has 1 fully saturated rings. The number of carboxylic acid groups (broad SMARTS) is 1. The van der Waals surface area contributed by atoms with Crippen LogP contribution in [0.5, 0.6) is 0 Å². The minimum absolute atomic E-state index is 0.0729. The van der Waals surface area contributed by atoms with Crippen LogP contribution < -0.4 is 10.6 Å². The van der Waals surface area contributed by atoms with E-state index in [2.05, 4.69) is 15.5 Å². The van der Waals surface area contributed by atoms with Gasteiger partial charge in [0.2, 0.25) is 5.91 Å². The van der Waals surface area contributed by atoms with Crippen molar-refractivity contribution in [3.63, 3.8) is 0 Å². The molecule has 0 radical (unpaired) electrons. The van der Waals surface area contributed by atoms with Crippen molar-refractivity contribution in [1.29, 1.82) is 0 Å². The highest BCUT2D eigenvalue weighted by molar-refractivity contribution is 5.89. The lowest BCUT2D eigenvalue weighted by Gasteiger charge is -2.30. The third kappa shape index (κ3) is 5.55. The van der Waals surface area contributed by atoms with E-state index < -0.39 is 30.4 Å². The minimum Gasteiger partial charge on any atom is -0.481 e. The van der Waals surface area contributed by atoms with Crippen LogP contribution in [0.2, 0.25) is 0 Å². The number of nitrogens with zero attached hydrogens (tertiary/aromatic N) is 1. The molecule has 4 rings (SSSR count). The molecule has 2 aliphatic rings. The summed E-state index contributed by atoms with van der Waals surface area (Å²) in [5.74, 6) is -1.93. The molecule has 2 atom stereocenters. The zero-order valence-electron chi connectivity index (χ0n) is 19.0. The summed E-state index contributed by atoms with van der Waals surface area (Å²) >= 11 is 0. The third-order valence-electron chi connectivity index (χ3n) is 6.18. The number of hydrogen-bond acceptors (Lipinski definition) is 6. The Morgan fingerprint density at radius 3 is 2.38 bits per heavy atom. The Balaban J connectivity index is 1.35. The van der Waals surface area contributed by atoms with Crippen LogP contribution in [0.4, 0.5) is 4.79 Å². The smallest absolute Gasteiger partial charge is 0.407 e. The van der Waals surface area contributed by atoms with Crippen molar-refractivity contribution in [3.05, 3.63) is 59.7 Å². The Bertz CT molecular complexity index is 1010. The number of morpholine rings is 1. The fourth-order valence-electron chi connectivity index (χ4n) is 4.49. The van der Waals surface area contributed by atoms with Crippen LogP contribution in [0, 0.1) is 0 Å². The molecule has 0 spiro atoms. The second-order valence-corrected chi connectivity index (χ2v) is 8.62. The molecular formula is C25H29N3O6. The van der Waals surface area contributed by atoms with Crippen molar-refractivity contribution >= 4 is 18.0 Å². The topological polar surface area (TPSA) is 117 Å². The summed E-state index contributed by atoms with van der Waals surface area (Å²) in [4.78, 5) is 38.5. The molecule has 1 aliphatic carbocycles. The molecule has 1 heterocycles. The minimum atomic E-state index is -1.26. The van der Waals surface area contributed by atoms with Crippen LogP contribution in [0.3, 0.4) is 0 Å². The van der Waals surface area contributed by atoms with Crippen molar-refractivity contribution in [2.45, 2.75) is 24.5 Å². The number of ether oxygens (including phenoxy) is 2. The Labute approximate surface area is 198 Å². The van der Waals surface area contributed by atoms with Crippen LogP contribution in [-0.4, -0.2) is 80.0 Å². The standard InChI is InChI=1S/C25H29N3O6/c1-28-10-11-33-16(14-28)13-26-24(31)22(12-23(29)30)27-25(32)34-15-21-19-8-4-2-6-17(19)18-7-3-5-9-20(18)21/h2-9,16,21-22H,10-15H2,1H3,(H,26,31)(H,27,32)(H,29,30). The summed E-state index contributed by atoms with van der Waals surface area (Å²) in [5, 5.41) is 14.3. The van der Waals surface area contributed by atoms with E-state index in [1.165, 1.54) is 0 Å². The molecule has 2 amide bonds. The Morgan fingerprint density at radius 1 is 1.12 bits per heavy atom. The zero-order valence-corrected chi connectivity index (χ0v) is 19.0. The predicted molar refractivity (Wildman–Crippen MR) is 124 cm³/mol. The van der Waals surface area contributed by atoms with Gasteiger partial charge in [-0.2, -0.15) is 0 Å². The summed E-state index contributed by atoms with van der Waals surface area (Å²) in [6.07, 6.45) is -1.58. The van der Waals surface area contributed by atoms with Crippen molar-refractivity contribution in [2.75, 3.05) is 39.9 Å². The number of benzene rings is 2. The van der Waals surface area contributed by atoms with E-state index in [4.69, 9.17) is 9.47 Å². The summed E-state index contributed by atoms with van der Waals surface area (Å²) in [6.45, 7) is 2.34. The first kappa shape index (κ1) is 23.7. The van der Waals surface area contributed by atoms with Crippen LogP contribution in [0.25, 0.3) is 11.1 Å². The molecule has 180 valence electrons. The SMILES string of the molecule is CN1CCOC(CNC(=O)C(CC(=O)O)NC(=O)OCC2c3ccccc3-c3ccccc32)C1. The van der Waals surface area contributed by atoms with Crippen molar-refractivity contribution in [2.24, 2.45) is 0 Å². The predicted octanol–water partition coefficient (Wildman–Crippen LogP) is 1.82. The van der Waals surface area contributed by atoms with Crippen LogP contribution in [-0.2, 0) is 19.1 Å². The monoisotopic (exact) mass is 467 g/mol. The van der Waals surface area contributed by atoms with Gasteiger partial charge in [-0.05, 0) is 29.3 Å². The Morgan fingerprint density at radius 2 is 1.76 bits per heavy atom. The maximum absolute atomic E-state index is 12.6. The van der Waals surface area contributed by atoms with Gasteiger partial charge >= 0.3 is 12.1 Å². The molecule has 0 saturated carbocycles. The first-order valence-corrected chi connectivity index (χ1v) is 11.3. The maximum atomic E-state index is 12.6. The number of alkyl carbamates (subject to hydrolysis) is 1. The first-order valence-electron chi connectivity index (χ1n) is 11.3. The van der Waals surface area contributed by atoms with E-state index >= 15 is 0 Å². The van der Waals surface area contributed by atoms with E-state index in [0.29, 0.717) is 13.2 Å². The highest BCUT2D eigenvalue weighted by atomic mass is 16.5. The van der Waals surface area contributed by atoms with E-state index in [1.54, 1.807) is 0 Å². The van der Waals surface area contributed by atoms with E-state index in [-0.39, 0.29) is 25.2 Å². The average Bonchev–Trinajstić information content (AvgIpc) is 3.14. The van der Waals surface area contributed by atoms with Crippen LogP contribution in [0.1, 0.15) is 23.5 Å². The highest BCUT2D eigenvalue weighted by Gasteiger charge is 2.30. The molecular weight excluding hydrogens is 438 g/mol. The third-order valence-corrected chi connectivity index (χ3v) is 6.18. The number of rotatable bonds is 8. The van der Waals surface area contributed by atoms with Crippen molar-refractivity contribution in [3.8, 4) is 11.1 Å². The molecule has 34 heavy (non-hydrogen) atoms. The van der Waals surface area contributed by atoms with Gasteiger partial charge < -0.3 is 30.1 Å². The summed E-state index contributed by atoms with van der Waals surface area (Å²) in [5.41, 5.74) is 4.33. The van der Waals surface area contributed by atoms with Gasteiger partial charge in [0.1, 0.15) is 12.6 Å². The van der Waals surface area contributed by atoms with Gasteiger partial charge in [0, 0.05) is 25.6 Å². The number of likely N-dealkylation sites (N-methyl/N-ethyl adjacent to an activating group) is 1. The summed E-state index contributed by atoms with van der Waals surface area (Å²) in [6, 6.07) is 14.7. The van der Waals surface area contributed by atoms with Gasteiger partial charge in [-0.25, -0.2) is 4.79 Å². The molecule has 2 unspecified atom stereocenters. The van der Waals surface area contributed by atoms with Gasteiger partial charge in [-0.1, -0.05) is 48.5 Å². The number of aliphatic carboxylic acids is 1. The molecule has 9 heteroatoms. The molecule has 0 bridgehead atoms. The van der Waals surface area contributed by atoms with Crippen LogP contribution in [0.15, 0.2) is 48.5 Å². The highest BCUT2D eigenvalue weighted by Crippen LogP contribution is 2.44. The van der Waals surface area contributed by atoms with E-state index in [1.807, 2.05) is 55.6 Å². The number of hydrogen-bond donors (Lipinski definition) is 3. The number of carbonyl (C=O) groups is 3.